The number of halogens is 1. The number of nitrogens with zero attached hydrogens (tertiary/aromatic N) is 2. The van der Waals surface area contributed by atoms with Crippen LogP contribution in [0.15, 0.2) is 59.7 Å². The number of rotatable bonds is 4. The number of fused-ring (bicyclic) bond motifs is 1. The van der Waals surface area contributed by atoms with E-state index in [2.05, 4.69) is 23.6 Å². The van der Waals surface area contributed by atoms with Gasteiger partial charge in [-0.15, -0.1) is 0 Å². The van der Waals surface area contributed by atoms with Gasteiger partial charge in [0.1, 0.15) is 5.82 Å². The number of carbonyl (C=O) groups excluding carboxylic acids is 1. The Morgan fingerprint density at radius 2 is 1.84 bits per heavy atom. The third-order valence-corrected chi connectivity index (χ3v) is 6.86. The molecule has 4 nitrogen and oxygen atoms in total. The lowest BCUT2D eigenvalue weighted by Crippen LogP contribution is -2.36. The summed E-state index contributed by atoms with van der Waals surface area (Å²) in [5.41, 5.74) is 6.04. The maximum Gasteiger partial charge on any atom is 0.250 e. The second-order valence-corrected chi connectivity index (χ2v) is 8.65. The number of benzene rings is 2. The molecule has 1 fully saturated rings. The van der Waals surface area contributed by atoms with Crippen LogP contribution in [0, 0.1) is 5.82 Å². The van der Waals surface area contributed by atoms with Crippen molar-refractivity contribution in [3.05, 3.63) is 71.1 Å². The predicted molar refractivity (Wildman–Crippen MR) is 120 cm³/mol. The van der Waals surface area contributed by atoms with Gasteiger partial charge in [0.2, 0.25) is 5.91 Å². The van der Waals surface area contributed by atoms with Crippen molar-refractivity contribution >= 4 is 16.8 Å². The molecular formula is C26H27FN2O2. The zero-order valence-electron chi connectivity index (χ0n) is 18.2. The van der Waals surface area contributed by atoms with Crippen molar-refractivity contribution < 1.29 is 13.9 Å². The summed E-state index contributed by atoms with van der Waals surface area (Å²) < 4.78 is 21.7. The summed E-state index contributed by atoms with van der Waals surface area (Å²) in [6.07, 6.45) is 2.10. The van der Waals surface area contributed by atoms with Gasteiger partial charge in [-0.2, -0.15) is 0 Å². The van der Waals surface area contributed by atoms with Crippen LogP contribution in [0.25, 0.3) is 22.2 Å². The normalized spacial score (nSPS) is 21.7. The SMILES string of the molecule is CC1=C(C)[C@H](c2c(-c3ccc(F)cc3)n(C)c3ccccc23)N(C[C@@H]2CCCO2)C1=O. The third kappa shape index (κ3) is 3.19. The average Bonchev–Trinajstić information content (AvgIpc) is 3.44. The Balaban J connectivity index is 1.73. The van der Waals surface area contributed by atoms with Crippen LogP contribution in [0.2, 0.25) is 0 Å². The molecule has 0 bridgehead atoms. The van der Waals surface area contributed by atoms with Crippen LogP contribution in [0.4, 0.5) is 4.39 Å². The van der Waals surface area contributed by atoms with Gasteiger partial charge in [-0.1, -0.05) is 18.2 Å². The molecule has 31 heavy (non-hydrogen) atoms. The number of ether oxygens (including phenoxy) is 1. The van der Waals surface area contributed by atoms with E-state index in [9.17, 15) is 9.18 Å². The van der Waals surface area contributed by atoms with Gasteiger partial charge in [-0.05, 0) is 68.2 Å². The maximum absolute atomic E-state index is 13.7. The number of carbonyl (C=O) groups is 1. The van der Waals surface area contributed by atoms with Crippen molar-refractivity contribution in [2.45, 2.75) is 38.8 Å². The van der Waals surface area contributed by atoms with E-state index < -0.39 is 0 Å². The highest BCUT2D eigenvalue weighted by molar-refractivity contribution is 6.00. The fourth-order valence-electron chi connectivity index (χ4n) is 5.16. The Morgan fingerprint density at radius 3 is 2.55 bits per heavy atom. The van der Waals surface area contributed by atoms with Crippen LogP contribution in [-0.4, -0.2) is 34.6 Å². The van der Waals surface area contributed by atoms with Crippen molar-refractivity contribution in [3.63, 3.8) is 0 Å². The lowest BCUT2D eigenvalue weighted by atomic mass is 9.93. The lowest BCUT2D eigenvalue weighted by Gasteiger charge is -2.30. The van der Waals surface area contributed by atoms with Crippen LogP contribution in [0.1, 0.15) is 38.3 Å². The van der Waals surface area contributed by atoms with E-state index in [1.54, 1.807) is 0 Å². The van der Waals surface area contributed by atoms with Gasteiger partial charge in [0.05, 0.1) is 17.8 Å². The summed E-state index contributed by atoms with van der Waals surface area (Å²) in [6, 6.07) is 14.7. The van der Waals surface area contributed by atoms with Crippen LogP contribution < -0.4 is 0 Å². The Hall–Kier alpha value is -2.92. The smallest absolute Gasteiger partial charge is 0.250 e. The predicted octanol–water partition coefficient (Wildman–Crippen LogP) is 5.38. The molecule has 1 saturated heterocycles. The van der Waals surface area contributed by atoms with Gasteiger partial charge in [0, 0.05) is 42.2 Å². The van der Waals surface area contributed by atoms with E-state index >= 15 is 0 Å². The van der Waals surface area contributed by atoms with Crippen molar-refractivity contribution in [1.82, 2.24) is 9.47 Å². The summed E-state index contributed by atoms with van der Waals surface area (Å²) in [6.45, 7) is 5.33. The largest absolute Gasteiger partial charge is 0.376 e. The monoisotopic (exact) mass is 418 g/mol. The molecule has 2 aliphatic rings. The number of aromatic nitrogens is 1. The first-order valence-electron chi connectivity index (χ1n) is 10.9. The van der Waals surface area contributed by atoms with Crippen LogP contribution in [0.3, 0.4) is 0 Å². The summed E-state index contributed by atoms with van der Waals surface area (Å²) in [5, 5.41) is 1.12. The van der Waals surface area contributed by atoms with Gasteiger partial charge in [0.15, 0.2) is 0 Å². The van der Waals surface area contributed by atoms with Crippen molar-refractivity contribution in [3.8, 4) is 11.3 Å². The third-order valence-electron chi connectivity index (χ3n) is 6.86. The van der Waals surface area contributed by atoms with E-state index in [4.69, 9.17) is 4.74 Å². The zero-order chi connectivity index (χ0) is 21.7. The molecule has 3 heterocycles. The summed E-state index contributed by atoms with van der Waals surface area (Å²) in [4.78, 5) is 15.3. The lowest BCUT2D eigenvalue weighted by molar-refractivity contribution is -0.128. The highest BCUT2D eigenvalue weighted by Crippen LogP contribution is 2.46. The highest BCUT2D eigenvalue weighted by atomic mass is 19.1. The highest BCUT2D eigenvalue weighted by Gasteiger charge is 2.40. The second-order valence-electron chi connectivity index (χ2n) is 8.65. The number of para-hydroxylation sites is 1. The van der Waals surface area contributed by atoms with Gasteiger partial charge >= 0.3 is 0 Å². The standard InChI is InChI=1S/C26H27FN2O2/c1-16-17(2)26(30)29(15-20-7-6-14-31-20)24(16)23-21-8-4-5-9-22(21)28(3)25(23)18-10-12-19(27)13-11-18/h4-5,8-13,20,24H,6-7,14-15H2,1-3H3/t20-,24+/m0/s1. The molecule has 0 N–H and O–H groups in total. The first kappa shape index (κ1) is 20.0. The first-order valence-corrected chi connectivity index (χ1v) is 10.9. The minimum absolute atomic E-state index is 0.0781. The molecule has 5 heteroatoms. The Labute approximate surface area is 181 Å². The second kappa shape index (κ2) is 7.65. The first-order chi connectivity index (χ1) is 15.0. The Kier molecular flexibility index (Phi) is 4.94. The van der Waals surface area contributed by atoms with E-state index in [1.807, 2.05) is 43.1 Å². The number of hydrogen-bond donors (Lipinski definition) is 0. The molecule has 2 aromatic carbocycles. The summed E-state index contributed by atoms with van der Waals surface area (Å²) in [5.74, 6) is -0.178. The summed E-state index contributed by atoms with van der Waals surface area (Å²) >= 11 is 0. The minimum atomic E-state index is -0.257. The molecule has 0 spiro atoms. The molecule has 3 aromatic rings. The van der Waals surface area contributed by atoms with Crippen LogP contribution >= 0.6 is 0 Å². The fraction of sp³-hybridized carbons (Fsp3) is 0.346. The van der Waals surface area contributed by atoms with Crippen molar-refractivity contribution in [2.75, 3.05) is 13.2 Å². The molecule has 0 radical (unpaired) electrons. The topological polar surface area (TPSA) is 34.5 Å². The molecule has 5 rings (SSSR count). The van der Waals surface area contributed by atoms with Gasteiger partial charge in [-0.25, -0.2) is 4.39 Å². The van der Waals surface area contributed by atoms with E-state index in [0.717, 1.165) is 58.3 Å². The zero-order valence-corrected chi connectivity index (χ0v) is 18.2. The molecule has 0 unspecified atom stereocenters. The van der Waals surface area contributed by atoms with Crippen LogP contribution in [-0.2, 0) is 16.6 Å². The molecular weight excluding hydrogens is 391 g/mol. The van der Waals surface area contributed by atoms with Gasteiger partial charge in [-0.3, -0.25) is 4.79 Å². The molecule has 160 valence electrons. The van der Waals surface area contributed by atoms with Crippen molar-refractivity contribution in [1.29, 1.82) is 0 Å². The Bertz CT molecular complexity index is 1190. The molecule has 1 aromatic heterocycles. The quantitative estimate of drug-likeness (QED) is 0.570. The van der Waals surface area contributed by atoms with Gasteiger partial charge < -0.3 is 14.2 Å². The average molecular weight is 419 g/mol. The molecule has 2 aliphatic heterocycles. The van der Waals surface area contributed by atoms with Gasteiger partial charge in [0.25, 0.3) is 0 Å². The summed E-state index contributed by atoms with van der Waals surface area (Å²) in [7, 11) is 2.04. The van der Waals surface area contributed by atoms with Crippen LogP contribution in [0.5, 0.6) is 0 Å². The van der Waals surface area contributed by atoms with E-state index in [1.165, 1.54) is 12.1 Å². The minimum Gasteiger partial charge on any atom is -0.376 e. The maximum atomic E-state index is 13.7. The molecule has 0 saturated carbocycles. The Morgan fingerprint density at radius 1 is 1.10 bits per heavy atom. The molecule has 0 aliphatic carbocycles. The van der Waals surface area contributed by atoms with Crippen molar-refractivity contribution in [2.24, 2.45) is 7.05 Å². The van der Waals surface area contributed by atoms with E-state index in [-0.39, 0.29) is 23.9 Å². The number of hydrogen-bond acceptors (Lipinski definition) is 2. The molecule has 1 amide bonds. The van der Waals surface area contributed by atoms with E-state index in [0.29, 0.717) is 6.54 Å². The molecule has 2 atom stereocenters. The number of aryl methyl sites for hydroxylation is 1. The fourth-order valence-corrected chi connectivity index (χ4v) is 5.16. The number of amides is 1.